The number of carbonyl (C=O) groups excluding carboxylic acids is 1. The molecule has 13 heavy (non-hydrogen) atoms. The fourth-order valence-corrected chi connectivity index (χ4v) is 0.974. The second-order valence-corrected chi connectivity index (χ2v) is 2.63. The minimum atomic E-state index is -0.548. The van der Waals surface area contributed by atoms with Crippen LogP contribution in [0.15, 0.2) is 12.3 Å². The van der Waals surface area contributed by atoms with E-state index in [0.717, 1.165) is 0 Å². The molecule has 0 aromatic carbocycles. The van der Waals surface area contributed by atoms with Crippen LogP contribution in [-0.2, 0) is 4.74 Å². The zero-order valence-electron chi connectivity index (χ0n) is 7.20. The predicted octanol–water partition coefficient (Wildman–Crippen LogP) is 1.53. The van der Waals surface area contributed by atoms with Crippen molar-refractivity contribution in [1.29, 1.82) is 0 Å². The monoisotopic (exact) mass is 201 g/mol. The molecule has 0 spiro atoms. The second-order valence-electron chi connectivity index (χ2n) is 2.20. The highest BCUT2D eigenvalue weighted by molar-refractivity contribution is 6.30. The van der Waals surface area contributed by atoms with Gasteiger partial charge in [0, 0.05) is 12.3 Å². The first kappa shape index (κ1) is 9.80. The van der Waals surface area contributed by atoms with Gasteiger partial charge in [-0.3, -0.25) is 0 Å². The van der Waals surface area contributed by atoms with Gasteiger partial charge in [0.1, 0.15) is 0 Å². The average Bonchev–Trinajstić information content (AvgIpc) is 2.16. The Hall–Kier alpha value is -1.29. The summed E-state index contributed by atoms with van der Waals surface area (Å²) in [4.78, 5) is 14.9. The topological polar surface area (TPSA) is 48.4 Å². The lowest BCUT2D eigenvalue weighted by molar-refractivity contribution is 0.0590. The Morgan fingerprint density at radius 3 is 2.77 bits per heavy atom. The van der Waals surface area contributed by atoms with Gasteiger partial charge in [-0.15, -0.1) is 0 Å². The lowest BCUT2D eigenvalue weighted by Gasteiger charge is -2.04. The van der Waals surface area contributed by atoms with E-state index in [2.05, 4.69) is 9.72 Å². The predicted molar refractivity (Wildman–Crippen MR) is 47.1 cm³/mol. The Morgan fingerprint density at radius 1 is 1.54 bits per heavy atom. The van der Waals surface area contributed by atoms with Gasteiger partial charge < -0.3 is 9.47 Å². The molecule has 0 aliphatic rings. The molecule has 0 aliphatic heterocycles. The van der Waals surface area contributed by atoms with E-state index >= 15 is 0 Å². The number of carbonyl (C=O) groups is 1. The van der Waals surface area contributed by atoms with E-state index in [4.69, 9.17) is 16.3 Å². The molecule has 1 aromatic heterocycles. The standard InChI is InChI=1S/C8H8ClNO3/c1-12-6-3-5(9)4-10-7(6)8(11)13-2/h3-4H,1-2H3. The van der Waals surface area contributed by atoms with Crippen molar-refractivity contribution in [3.8, 4) is 5.75 Å². The van der Waals surface area contributed by atoms with Crippen LogP contribution in [0, 0.1) is 0 Å². The first-order chi connectivity index (χ1) is 6.19. The third-order valence-corrected chi connectivity index (χ3v) is 1.62. The summed E-state index contributed by atoms with van der Waals surface area (Å²) in [6.07, 6.45) is 1.36. The molecule has 0 fully saturated rings. The second kappa shape index (κ2) is 4.09. The summed E-state index contributed by atoms with van der Waals surface area (Å²) in [5.74, 6) is -0.243. The van der Waals surface area contributed by atoms with Gasteiger partial charge in [-0.1, -0.05) is 11.6 Å². The highest BCUT2D eigenvalue weighted by Crippen LogP contribution is 2.20. The Bertz CT molecular complexity index is 327. The highest BCUT2D eigenvalue weighted by Gasteiger charge is 2.14. The number of rotatable bonds is 2. The largest absolute Gasteiger partial charge is 0.494 e. The molecule has 4 nitrogen and oxygen atoms in total. The molecule has 0 aliphatic carbocycles. The number of esters is 1. The van der Waals surface area contributed by atoms with Gasteiger partial charge in [0.05, 0.1) is 19.2 Å². The van der Waals surface area contributed by atoms with Gasteiger partial charge in [0.15, 0.2) is 11.4 Å². The molecular formula is C8H8ClNO3. The van der Waals surface area contributed by atoms with E-state index in [9.17, 15) is 4.79 Å². The molecule has 0 amide bonds. The molecule has 70 valence electrons. The molecule has 1 rings (SSSR count). The smallest absolute Gasteiger partial charge is 0.360 e. The van der Waals surface area contributed by atoms with Crippen molar-refractivity contribution in [2.24, 2.45) is 0 Å². The van der Waals surface area contributed by atoms with E-state index in [1.54, 1.807) is 0 Å². The highest BCUT2D eigenvalue weighted by atomic mass is 35.5. The number of ether oxygens (including phenoxy) is 2. The number of nitrogens with zero attached hydrogens (tertiary/aromatic N) is 1. The van der Waals surface area contributed by atoms with Crippen LogP contribution in [0.25, 0.3) is 0 Å². The third-order valence-electron chi connectivity index (χ3n) is 1.42. The lowest BCUT2D eigenvalue weighted by Crippen LogP contribution is -2.06. The number of halogens is 1. The number of aromatic nitrogens is 1. The first-order valence-corrected chi connectivity index (χ1v) is 3.84. The van der Waals surface area contributed by atoms with Crippen LogP contribution in [0.4, 0.5) is 0 Å². The molecule has 0 atom stereocenters. The number of hydrogen-bond donors (Lipinski definition) is 0. The van der Waals surface area contributed by atoms with Gasteiger partial charge in [-0.05, 0) is 0 Å². The van der Waals surface area contributed by atoms with Crippen LogP contribution >= 0.6 is 11.6 Å². The molecule has 1 heterocycles. The zero-order valence-corrected chi connectivity index (χ0v) is 7.96. The third kappa shape index (κ3) is 2.09. The molecular weight excluding hydrogens is 194 g/mol. The molecule has 1 aromatic rings. The molecule has 0 N–H and O–H groups in total. The fraction of sp³-hybridized carbons (Fsp3) is 0.250. The quantitative estimate of drug-likeness (QED) is 0.681. The van der Waals surface area contributed by atoms with Crippen LogP contribution in [0.1, 0.15) is 10.5 Å². The van der Waals surface area contributed by atoms with Crippen molar-refractivity contribution >= 4 is 17.6 Å². The molecule has 5 heteroatoms. The van der Waals surface area contributed by atoms with Gasteiger partial charge in [-0.2, -0.15) is 0 Å². The van der Waals surface area contributed by atoms with Crippen LogP contribution in [0.3, 0.4) is 0 Å². The molecule has 0 bridgehead atoms. The number of pyridine rings is 1. The summed E-state index contributed by atoms with van der Waals surface area (Å²) >= 11 is 5.65. The van der Waals surface area contributed by atoms with Crippen molar-refractivity contribution in [1.82, 2.24) is 4.98 Å². The number of hydrogen-bond acceptors (Lipinski definition) is 4. The van der Waals surface area contributed by atoms with Crippen LogP contribution < -0.4 is 4.74 Å². The minimum absolute atomic E-state index is 0.120. The molecule has 0 saturated heterocycles. The van der Waals surface area contributed by atoms with Gasteiger partial charge in [0.25, 0.3) is 0 Å². The average molecular weight is 202 g/mol. The van der Waals surface area contributed by atoms with E-state index in [1.165, 1.54) is 26.5 Å². The summed E-state index contributed by atoms with van der Waals surface area (Å²) in [5, 5.41) is 0.407. The Balaban J connectivity index is 3.13. The summed E-state index contributed by atoms with van der Waals surface area (Å²) in [5.41, 5.74) is 0.120. The van der Waals surface area contributed by atoms with Gasteiger partial charge in [0.2, 0.25) is 0 Å². The molecule has 0 unspecified atom stereocenters. The van der Waals surface area contributed by atoms with Crippen molar-refractivity contribution in [2.75, 3.05) is 14.2 Å². The number of methoxy groups -OCH3 is 2. The maximum atomic E-state index is 11.1. The Kier molecular flexibility index (Phi) is 3.08. The van der Waals surface area contributed by atoms with E-state index in [-0.39, 0.29) is 5.69 Å². The van der Waals surface area contributed by atoms with E-state index in [0.29, 0.717) is 10.8 Å². The van der Waals surface area contributed by atoms with Crippen LogP contribution in [0.2, 0.25) is 5.02 Å². The summed E-state index contributed by atoms with van der Waals surface area (Å²) in [6.45, 7) is 0. The van der Waals surface area contributed by atoms with Crippen LogP contribution in [0.5, 0.6) is 5.75 Å². The Morgan fingerprint density at radius 2 is 2.23 bits per heavy atom. The summed E-state index contributed by atoms with van der Waals surface area (Å²) in [7, 11) is 2.71. The van der Waals surface area contributed by atoms with Gasteiger partial charge >= 0.3 is 5.97 Å². The SMILES string of the molecule is COC(=O)c1ncc(Cl)cc1OC. The summed E-state index contributed by atoms with van der Waals surface area (Å²) in [6, 6.07) is 1.50. The van der Waals surface area contributed by atoms with Crippen molar-refractivity contribution in [3.63, 3.8) is 0 Å². The molecule has 0 radical (unpaired) electrons. The van der Waals surface area contributed by atoms with E-state index < -0.39 is 5.97 Å². The maximum Gasteiger partial charge on any atom is 0.360 e. The molecule has 0 saturated carbocycles. The normalized spacial score (nSPS) is 9.46. The summed E-state index contributed by atoms with van der Waals surface area (Å²) < 4.78 is 9.40. The van der Waals surface area contributed by atoms with Crippen molar-refractivity contribution in [3.05, 3.63) is 23.0 Å². The van der Waals surface area contributed by atoms with Crippen LogP contribution in [-0.4, -0.2) is 25.2 Å². The van der Waals surface area contributed by atoms with E-state index in [1.807, 2.05) is 0 Å². The van der Waals surface area contributed by atoms with Crippen molar-refractivity contribution in [2.45, 2.75) is 0 Å². The maximum absolute atomic E-state index is 11.1. The minimum Gasteiger partial charge on any atom is -0.494 e. The zero-order chi connectivity index (χ0) is 9.84. The first-order valence-electron chi connectivity index (χ1n) is 3.47. The fourth-order valence-electron chi connectivity index (χ4n) is 0.826. The lowest BCUT2D eigenvalue weighted by atomic mass is 10.3. The Labute approximate surface area is 80.4 Å². The van der Waals surface area contributed by atoms with Gasteiger partial charge in [-0.25, -0.2) is 9.78 Å². The van der Waals surface area contributed by atoms with Crippen molar-refractivity contribution < 1.29 is 14.3 Å².